The molecule has 2 aromatic carbocycles. The molecule has 2 N–H and O–H groups in total. The molecule has 0 radical (unpaired) electrons. The van der Waals surface area contributed by atoms with Crippen molar-refractivity contribution >= 4 is 17.4 Å². The molecule has 0 bridgehead atoms. The van der Waals surface area contributed by atoms with Crippen LogP contribution >= 0.6 is 0 Å². The molecule has 6 rings (SSSR count). The molecule has 6 heteroatoms. The van der Waals surface area contributed by atoms with E-state index in [-0.39, 0.29) is 35.0 Å². The zero-order chi connectivity index (χ0) is 28.1. The molecule has 0 fully saturated rings. The number of anilines is 1. The summed E-state index contributed by atoms with van der Waals surface area (Å²) in [5, 5.41) is 10.5. The first-order valence-corrected chi connectivity index (χ1v) is 13.7. The molecule has 2 atom stereocenters. The fourth-order valence-electron chi connectivity index (χ4n) is 7.80. The average molecular weight is 522 g/mol. The molecule has 200 valence electrons. The summed E-state index contributed by atoms with van der Waals surface area (Å²) in [6.45, 7) is 12.5. The SMILES string of the molecule is CCc1cc2c3c(c1)[C@@](C)(c1ccccc1)CC(C)(C)N3C(=O)[C@@]21C(C#N)=C(N)OC2=C1C(=O)CC(C)(C)C2. The van der Waals surface area contributed by atoms with E-state index in [1.54, 1.807) is 0 Å². The Balaban J connectivity index is 1.77. The maximum absolute atomic E-state index is 15.0. The fraction of sp³-hybridized carbons (Fsp3) is 0.424. The number of rotatable bonds is 2. The fourth-order valence-corrected chi connectivity index (χ4v) is 7.80. The second-order valence-corrected chi connectivity index (χ2v) is 13.2. The summed E-state index contributed by atoms with van der Waals surface area (Å²) in [5.74, 6) is -0.112. The van der Waals surface area contributed by atoms with E-state index in [1.807, 2.05) is 43.0 Å². The molecule has 0 saturated heterocycles. The lowest BCUT2D eigenvalue weighted by Crippen LogP contribution is -2.58. The van der Waals surface area contributed by atoms with Crippen LogP contribution in [0.2, 0.25) is 0 Å². The molecule has 1 amide bonds. The second-order valence-electron chi connectivity index (χ2n) is 13.2. The van der Waals surface area contributed by atoms with E-state index in [4.69, 9.17) is 10.5 Å². The Labute approximate surface area is 230 Å². The van der Waals surface area contributed by atoms with Gasteiger partial charge in [0.15, 0.2) is 5.78 Å². The van der Waals surface area contributed by atoms with Gasteiger partial charge in [-0.2, -0.15) is 5.26 Å². The van der Waals surface area contributed by atoms with E-state index in [0.29, 0.717) is 29.7 Å². The van der Waals surface area contributed by atoms with Crippen LogP contribution in [-0.4, -0.2) is 17.2 Å². The molecular weight excluding hydrogens is 486 g/mol. The summed E-state index contributed by atoms with van der Waals surface area (Å²) in [7, 11) is 0. The number of Topliss-reactive ketones (excluding diaryl/α,β-unsaturated/α-hetero) is 1. The number of ether oxygens (including phenoxy) is 1. The number of amides is 1. The van der Waals surface area contributed by atoms with Crippen molar-refractivity contribution in [2.45, 2.75) is 83.6 Å². The molecule has 0 unspecified atom stereocenters. The summed E-state index contributed by atoms with van der Waals surface area (Å²) >= 11 is 0. The highest BCUT2D eigenvalue weighted by atomic mass is 16.5. The minimum atomic E-state index is -1.62. The zero-order valence-electron chi connectivity index (χ0n) is 23.6. The van der Waals surface area contributed by atoms with Crippen molar-refractivity contribution in [3.8, 4) is 6.07 Å². The number of aryl methyl sites for hydroxylation is 1. The zero-order valence-corrected chi connectivity index (χ0v) is 23.6. The first-order chi connectivity index (χ1) is 18.3. The molecular formula is C33H35N3O3. The Bertz CT molecular complexity index is 1570. The van der Waals surface area contributed by atoms with Gasteiger partial charge < -0.3 is 15.4 Å². The van der Waals surface area contributed by atoms with E-state index in [9.17, 15) is 10.1 Å². The van der Waals surface area contributed by atoms with Crippen LogP contribution in [-0.2, 0) is 31.6 Å². The van der Waals surface area contributed by atoms with Gasteiger partial charge in [0.05, 0.1) is 11.3 Å². The number of carbonyl (C=O) groups is 2. The predicted octanol–water partition coefficient (Wildman–Crippen LogP) is 5.69. The Morgan fingerprint density at radius 1 is 1.03 bits per heavy atom. The van der Waals surface area contributed by atoms with Gasteiger partial charge in [0.2, 0.25) is 11.8 Å². The lowest BCUT2D eigenvalue weighted by molar-refractivity contribution is -0.126. The van der Waals surface area contributed by atoms with Crippen LogP contribution in [0.1, 0.15) is 83.1 Å². The molecule has 4 aliphatic rings. The minimum absolute atomic E-state index is 0.0152. The van der Waals surface area contributed by atoms with Gasteiger partial charge in [-0.25, -0.2) is 0 Å². The average Bonchev–Trinajstić information content (AvgIpc) is 3.11. The van der Waals surface area contributed by atoms with Gasteiger partial charge in [0.1, 0.15) is 22.8 Å². The van der Waals surface area contributed by atoms with Crippen LogP contribution in [0.15, 0.2) is 65.3 Å². The van der Waals surface area contributed by atoms with Crippen LogP contribution in [0, 0.1) is 16.7 Å². The minimum Gasteiger partial charge on any atom is -0.444 e. The summed E-state index contributed by atoms with van der Waals surface area (Å²) in [5.41, 5.74) is 8.52. The largest absolute Gasteiger partial charge is 0.444 e. The highest BCUT2D eigenvalue weighted by Gasteiger charge is 2.67. The molecule has 0 saturated carbocycles. The van der Waals surface area contributed by atoms with Gasteiger partial charge >= 0.3 is 0 Å². The molecule has 39 heavy (non-hydrogen) atoms. The third-order valence-corrected chi connectivity index (χ3v) is 9.30. The lowest BCUT2D eigenvalue weighted by Gasteiger charge is -2.50. The summed E-state index contributed by atoms with van der Waals surface area (Å²) < 4.78 is 6.01. The quantitative estimate of drug-likeness (QED) is 0.548. The number of ketones is 1. The van der Waals surface area contributed by atoms with Gasteiger partial charge in [-0.05, 0) is 48.8 Å². The van der Waals surface area contributed by atoms with Gasteiger partial charge in [-0.1, -0.05) is 70.2 Å². The normalized spacial score (nSPS) is 28.3. The smallest absolute Gasteiger partial charge is 0.248 e. The number of nitrogens with zero attached hydrogens (tertiary/aromatic N) is 2. The van der Waals surface area contributed by atoms with Crippen molar-refractivity contribution in [2.24, 2.45) is 11.1 Å². The molecule has 1 spiro atoms. The summed E-state index contributed by atoms with van der Waals surface area (Å²) in [4.78, 5) is 30.9. The van der Waals surface area contributed by atoms with Gasteiger partial charge in [0.25, 0.3) is 0 Å². The maximum Gasteiger partial charge on any atom is 0.248 e. The van der Waals surface area contributed by atoms with E-state index in [1.165, 1.54) is 5.56 Å². The maximum atomic E-state index is 15.0. The van der Waals surface area contributed by atoms with E-state index in [2.05, 4.69) is 52.0 Å². The number of nitriles is 1. The van der Waals surface area contributed by atoms with Crippen LogP contribution < -0.4 is 10.6 Å². The number of benzene rings is 2. The Kier molecular flexibility index (Phi) is 5.12. The highest BCUT2D eigenvalue weighted by molar-refractivity contribution is 6.21. The molecule has 6 nitrogen and oxygen atoms in total. The Morgan fingerprint density at radius 3 is 2.33 bits per heavy atom. The number of hydrogen-bond donors (Lipinski definition) is 1. The third-order valence-electron chi connectivity index (χ3n) is 9.30. The van der Waals surface area contributed by atoms with Gasteiger partial charge in [0, 0.05) is 29.4 Å². The second kappa shape index (κ2) is 7.85. The van der Waals surface area contributed by atoms with Crippen LogP contribution in [0.3, 0.4) is 0 Å². The first kappa shape index (κ1) is 25.4. The van der Waals surface area contributed by atoms with Gasteiger partial charge in [-0.15, -0.1) is 0 Å². The van der Waals surface area contributed by atoms with Crippen molar-refractivity contribution in [1.82, 2.24) is 0 Å². The standard InChI is InChI=1S/C33H35N3O3/c1-7-19-13-21-27-22(14-19)33(23(17-34)28(35)39-25-16-30(2,3)15-24(37)26(25)33)29(38)36(27)31(4,5)18-32(21,6)20-11-9-8-10-12-20/h8-14H,7,15-16,18,35H2,1-6H3/t32-,33-/m1/s1. The monoisotopic (exact) mass is 521 g/mol. The number of hydrogen-bond acceptors (Lipinski definition) is 5. The van der Waals surface area contributed by atoms with Crippen molar-refractivity contribution < 1.29 is 14.3 Å². The van der Waals surface area contributed by atoms with E-state index in [0.717, 1.165) is 23.2 Å². The van der Waals surface area contributed by atoms with E-state index >= 15 is 4.79 Å². The van der Waals surface area contributed by atoms with Crippen LogP contribution in [0.5, 0.6) is 0 Å². The topological polar surface area (TPSA) is 96.4 Å². The van der Waals surface area contributed by atoms with Gasteiger partial charge in [-0.3, -0.25) is 9.59 Å². The number of fused-ring (bicyclic) bond motifs is 2. The highest BCUT2D eigenvalue weighted by Crippen LogP contribution is 2.63. The van der Waals surface area contributed by atoms with Crippen molar-refractivity contribution in [3.63, 3.8) is 0 Å². The summed E-state index contributed by atoms with van der Waals surface area (Å²) in [6.07, 6.45) is 2.14. The van der Waals surface area contributed by atoms with Crippen LogP contribution in [0.4, 0.5) is 5.69 Å². The molecule has 1 aliphatic carbocycles. The number of carbonyl (C=O) groups excluding carboxylic acids is 2. The molecule has 2 aromatic rings. The summed E-state index contributed by atoms with van der Waals surface area (Å²) in [6, 6.07) is 16.9. The Morgan fingerprint density at radius 2 is 1.69 bits per heavy atom. The Hall–Kier alpha value is -3.85. The van der Waals surface area contributed by atoms with Crippen molar-refractivity contribution in [3.05, 3.63) is 87.5 Å². The predicted molar refractivity (Wildman–Crippen MR) is 150 cm³/mol. The number of allylic oxidation sites excluding steroid dienone is 1. The lowest BCUT2D eigenvalue weighted by atomic mass is 9.61. The van der Waals surface area contributed by atoms with Crippen molar-refractivity contribution in [2.75, 3.05) is 4.90 Å². The first-order valence-electron chi connectivity index (χ1n) is 13.7. The van der Waals surface area contributed by atoms with Crippen LogP contribution in [0.25, 0.3) is 0 Å². The third kappa shape index (κ3) is 3.13. The number of nitrogens with two attached hydrogens (primary N) is 1. The molecule has 3 aliphatic heterocycles. The van der Waals surface area contributed by atoms with E-state index < -0.39 is 16.4 Å². The molecule has 3 heterocycles. The molecule has 0 aromatic heterocycles. The van der Waals surface area contributed by atoms with Crippen molar-refractivity contribution in [1.29, 1.82) is 5.26 Å².